The van der Waals surface area contributed by atoms with E-state index >= 15 is 0 Å². The summed E-state index contributed by atoms with van der Waals surface area (Å²) < 4.78 is 0. The highest BCUT2D eigenvalue weighted by Gasteiger charge is 2.08. The van der Waals surface area contributed by atoms with Crippen molar-refractivity contribution in [3.8, 4) is 0 Å². The van der Waals surface area contributed by atoms with Crippen LogP contribution < -0.4 is 5.32 Å². The molecule has 1 N–H and O–H groups in total. The summed E-state index contributed by atoms with van der Waals surface area (Å²) in [7, 11) is 2.04. The van der Waals surface area contributed by atoms with Crippen molar-refractivity contribution in [3.63, 3.8) is 0 Å². The third kappa shape index (κ3) is 7.80. The second-order valence-corrected chi connectivity index (χ2v) is 4.39. The van der Waals surface area contributed by atoms with Crippen LogP contribution in [0.4, 0.5) is 0 Å². The van der Waals surface area contributed by atoms with Crippen molar-refractivity contribution in [1.29, 1.82) is 0 Å². The highest BCUT2D eigenvalue weighted by molar-refractivity contribution is 4.63. The van der Waals surface area contributed by atoms with Crippen LogP contribution in [0.3, 0.4) is 0 Å². The van der Waals surface area contributed by atoms with Crippen molar-refractivity contribution in [2.75, 3.05) is 33.2 Å². The lowest BCUT2D eigenvalue weighted by Crippen LogP contribution is -2.27. The Bertz CT molecular complexity index is 126. The summed E-state index contributed by atoms with van der Waals surface area (Å²) in [5, 5.41) is 3.25. The minimum Gasteiger partial charge on any atom is -0.320 e. The summed E-state index contributed by atoms with van der Waals surface area (Å²) in [6.45, 7) is 11.8. The minimum absolute atomic E-state index is 0.906. The van der Waals surface area contributed by atoms with Gasteiger partial charge >= 0.3 is 0 Å². The normalized spacial score (nSPS) is 13.4. The first-order chi connectivity index (χ1) is 7.28. The molecule has 0 aliphatic carbocycles. The third-order valence-corrected chi connectivity index (χ3v) is 3.22. The molecule has 0 saturated carbocycles. The minimum atomic E-state index is 0.906. The predicted octanol–water partition coefficient (Wildman–Crippen LogP) is 2.74. The molecular weight excluding hydrogens is 184 g/mol. The number of hydrogen-bond donors (Lipinski definition) is 1. The zero-order chi connectivity index (χ0) is 11.5. The summed E-state index contributed by atoms with van der Waals surface area (Å²) >= 11 is 0. The maximum Gasteiger partial charge on any atom is -0.00162 e. The van der Waals surface area contributed by atoms with E-state index in [1.54, 1.807) is 0 Å². The standard InChI is InChI=1S/C13H30N2/c1-5-11-15(7-3)12-9-13(6-2)8-10-14-4/h13-14H,5-12H2,1-4H3. The quantitative estimate of drug-likeness (QED) is 0.601. The molecule has 0 rings (SSSR count). The van der Waals surface area contributed by atoms with Crippen LogP contribution in [-0.2, 0) is 0 Å². The number of nitrogens with zero attached hydrogens (tertiary/aromatic N) is 1. The average molecular weight is 214 g/mol. The van der Waals surface area contributed by atoms with E-state index in [1.807, 2.05) is 7.05 Å². The molecule has 0 saturated heterocycles. The molecule has 2 nitrogen and oxygen atoms in total. The van der Waals surface area contributed by atoms with Gasteiger partial charge in [0, 0.05) is 0 Å². The molecule has 2 heteroatoms. The first-order valence-electron chi connectivity index (χ1n) is 6.65. The van der Waals surface area contributed by atoms with Crippen molar-refractivity contribution in [3.05, 3.63) is 0 Å². The van der Waals surface area contributed by atoms with Crippen LogP contribution in [0.25, 0.3) is 0 Å². The van der Waals surface area contributed by atoms with Gasteiger partial charge in [0.05, 0.1) is 0 Å². The molecule has 0 heterocycles. The van der Waals surface area contributed by atoms with Crippen LogP contribution in [0.5, 0.6) is 0 Å². The zero-order valence-electron chi connectivity index (χ0n) is 11.2. The maximum absolute atomic E-state index is 3.25. The fourth-order valence-corrected chi connectivity index (χ4v) is 2.01. The van der Waals surface area contributed by atoms with E-state index < -0.39 is 0 Å². The number of hydrogen-bond acceptors (Lipinski definition) is 2. The second kappa shape index (κ2) is 10.4. The summed E-state index contributed by atoms with van der Waals surface area (Å²) in [6.07, 6.45) is 5.30. The Morgan fingerprint density at radius 1 is 1.07 bits per heavy atom. The Balaban J connectivity index is 3.66. The predicted molar refractivity (Wildman–Crippen MR) is 69.3 cm³/mol. The lowest BCUT2D eigenvalue weighted by atomic mass is 9.98. The summed E-state index contributed by atoms with van der Waals surface area (Å²) in [4.78, 5) is 2.57. The molecule has 0 aromatic heterocycles. The Morgan fingerprint density at radius 3 is 2.27 bits per heavy atom. The summed E-state index contributed by atoms with van der Waals surface area (Å²) in [5.41, 5.74) is 0. The maximum atomic E-state index is 3.25. The van der Waals surface area contributed by atoms with E-state index in [-0.39, 0.29) is 0 Å². The van der Waals surface area contributed by atoms with Crippen LogP contribution in [0.15, 0.2) is 0 Å². The van der Waals surface area contributed by atoms with E-state index in [0.717, 1.165) is 5.92 Å². The molecule has 1 atom stereocenters. The number of rotatable bonds is 10. The SMILES string of the molecule is CCCN(CC)CCC(CC)CCNC. The molecule has 0 fully saturated rings. The van der Waals surface area contributed by atoms with Crippen LogP contribution in [-0.4, -0.2) is 38.1 Å². The molecule has 0 spiro atoms. The van der Waals surface area contributed by atoms with Crippen molar-refractivity contribution >= 4 is 0 Å². The van der Waals surface area contributed by atoms with Gasteiger partial charge in [0.2, 0.25) is 0 Å². The lowest BCUT2D eigenvalue weighted by molar-refractivity contribution is 0.256. The van der Waals surface area contributed by atoms with Crippen molar-refractivity contribution in [2.24, 2.45) is 5.92 Å². The van der Waals surface area contributed by atoms with E-state index in [0.29, 0.717) is 0 Å². The summed E-state index contributed by atoms with van der Waals surface area (Å²) in [6, 6.07) is 0. The van der Waals surface area contributed by atoms with Crippen LogP contribution in [0, 0.1) is 5.92 Å². The molecule has 1 unspecified atom stereocenters. The molecule has 0 aliphatic heterocycles. The largest absolute Gasteiger partial charge is 0.320 e. The average Bonchev–Trinajstić information content (AvgIpc) is 2.27. The van der Waals surface area contributed by atoms with E-state index in [4.69, 9.17) is 0 Å². The highest BCUT2D eigenvalue weighted by Crippen LogP contribution is 2.13. The summed E-state index contributed by atoms with van der Waals surface area (Å²) in [5.74, 6) is 0.906. The molecule has 0 aliphatic rings. The first-order valence-corrected chi connectivity index (χ1v) is 6.65. The van der Waals surface area contributed by atoms with Crippen LogP contribution in [0.2, 0.25) is 0 Å². The molecule has 0 aromatic rings. The second-order valence-electron chi connectivity index (χ2n) is 4.39. The van der Waals surface area contributed by atoms with Gasteiger partial charge in [-0.3, -0.25) is 0 Å². The Labute approximate surface area is 96.4 Å². The highest BCUT2D eigenvalue weighted by atomic mass is 15.1. The van der Waals surface area contributed by atoms with Crippen molar-refractivity contribution < 1.29 is 0 Å². The molecular formula is C13H30N2. The molecule has 15 heavy (non-hydrogen) atoms. The fourth-order valence-electron chi connectivity index (χ4n) is 2.01. The smallest absolute Gasteiger partial charge is 0.00162 e. The van der Waals surface area contributed by atoms with Gasteiger partial charge in [-0.15, -0.1) is 0 Å². The van der Waals surface area contributed by atoms with Crippen molar-refractivity contribution in [1.82, 2.24) is 10.2 Å². The third-order valence-electron chi connectivity index (χ3n) is 3.22. The molecule has 0 bridgehead atoms. The molecule has 0 aromatic carbocycles. The van der Waals surface area contributed by atoms with Gasteiger partial charge in [-0.1, -0.05) is 27.2 Å². The zero-order valence-corrected chi connectivity index (χ0v) is 11.2. The van der Waals surface area contributed by atoms with Gasteiger partial charge in [0.25, 0.3) is 0 Å². The van der Waals surface area contributed by atoms with E-state index in [9.17, 15) is 0 Å². The van der Waals surface area contributed by atoms with Gasteiger partial charge in [0.15, 0.2) is 0 Å². The monoisotopic (exact) mass is 214 g/mol. The molecule has 0 amide bonds. The van der Waals surface area contributed by atoms with Gasteiger partial charge in [0.1, 0.15) is 0 Å². The molecule has 0 radical (unpaired) electrons. The Morgan fingerprint density at radius 2 is 1.80 bits per heavy atom. The van der Waals surface area contributed by atoms with Gasteiger partial charge in [-0.25, -0.2) is 0 Å². The van der Waals surface area contributed by atoms with Crippen LogP contribution >= 0.6 is 0 Å². The topological polar surface area (TPSA) is 15.3 Å². The Hall–Kier alpha value is -0.0800. The first kappa shape index (κ1) is 14.9. The van der Waals surface area contributed by atoms with Crippen molar-refractivity contribution in [2.45, 2.75) is 46.5 Å². The Kier molecular flexibility index (Phi) is 10.4. The van der Waals surface area contributed by atoms with E-state index in [2.05, 4.69) is 31.0 Å². The molecule has 92 valence electrons. The number of nitrogens with one attached hydrogen (secondary N) is 1. The van der Waals surface area contributed by atoms with Crippen LogP contribution in [0.1, 0.15) is 46.5 Å². The lowest BCUT2D eigenvalue weighted by Gasteiger charge is -2.22. The van der Waals surface area contributed by atoms with Gasteiger partial charge < -0.3 is 10.2 Å². The van der Waals surface area contributed by atoms with Gasteiger partial charge in [-0.05, 0) is 58.4 Å². The van der Waals surface area contributed by atoms with Gasteiger partial charge in [-0.2, -0.15) is 0 Å². The van der Waals surface area contributed by atoms with E-state index in [1.165, 1.54) is 51.9 Å². The fraction of sp³-hybridized carbons (Fsp3) is 1.00.